The number of rotatable bonds is 15. The molecule has 0 aromatic carbocycles. The first-order valence-corrected chi connectivity index (χ1v) is 18.0. The number of amides is 4. The van der Waals surface area contributed by atoms with Crippen LogP contribution in [0.1, 0.15) is 47.2 Å². The standard InChI is InChI=1S/C28H36N10O10S3/c1-27(2,3)47-16(40)9-46-34-17(15-12-50-24(31-15)30-13-39)20(41)32-18-21(42)38-19(23(43)44)14(10-49-22(18)38)11-51-25-33-35-36-37(25)8-7-29-26(45)48-28(4,5)6/h12-13,18,22H,7-11H2,1-6H3,(H,29,45)(H,32,41)(H,43,44)(H,30,31,39)/t18?,22-/m0/s1. The molecule has 51 heavy (non-hydrogen) atoms. The number of tetrazole rings is 1. The summed E-state index contributed by atoms with van der Waals surface area (Å²) in [5.41, 5.74) is -1.64. The van der Waals surface area contributed by atoms with Crippen molar-refractivity contribution in [2.24, 2.45) is 5.16 Å². The summed E-state index contributed by atoms with van der Waals surface area (Å²) < 4.78 is 11.8. The van der Waals surface area contributed by atoms with Crippen molar-refractivity contribution in [2.75, 3.05) is 30.0 Å². The molecule has 1 unspecified atom stereocenters. The van der Waals surface area contributed by atoms with Gasteiger partial charge in [-0.15, -0.1) is 28.2 Å². The summed E-state index contributed by atoms with van der Waals surface area (Å²) in [5.74, 6) is -3.29. The Morgan fingerprint density at radius 1 is 1.16 bits per heavy atom. The minimum Gasteiger partial charge on any atom is -0.477 e. The van der Waals surface area contributed by atoms with E-state index in [4.69, 9.17) is 14.3 Å². The van der Waals surface area contributed by atoms with E-state index in [0.29, 0.717) is 17.1 Å². The van der Waals surface area contributed by atoms with Gasteiger partial charge in [-0.3, -0.25) is 19.3 Å². The number of β-lactam (4-membered cyclic amide) rings is 1. The Labute approximate surface area is 303 Å². The number of anilines is 1. The largest absolute Gasteiger partial charge is 0.477 e. The molecule has 2 aliphatic heterocycles. The van der Waals surface area contributed by atoms with Crippen molar-refractivity contribution in [1.82, 2.24) is 40.7 Å². The van der Waals surface area contributed by atoms with E-state index in [1.165, 1.54) is 21.8 Å². The van der Waals surface area contributed by atoms with Gasteiger partial charge in [0, 0.05) is 23.4 Å². The molecule has 2 atom stereocenters. The first-order chi connectivity index (χ1) is 24.0. The molecule has 2 aromatic heterocycles. The molecular weight excluding hydrogens is 733 g/mol. The van der Waals surface area contributed by atoms with Crippen molar-refractivity contribution in [3.63, 3.8) is 0 Å². The van der Waals surface area contributed by atoms with E-state index >= 15 is 0 Å². The highest BCUT2D eigenvalue weighted by molar-refractivity contribution is 8.01. The molecule has 4 amide bonds. The lowest BCUT2D eigenvalue weighted by atomic mass is 10.0. The number of ether oxygens (including phenoxy) is 2. The predicted octanol–water partition coefficient (Wildman–Crippen LogP) is 0.816. The molecule has 1 fully saturated rings. The number of alkyl carbamates (subject to hydrolysis) is 1. The maximum atomic E-state index is 13.4. The lowest BCUT2D eigenvalue weighted by Gasteiger charge is -2.49. The Balaban J connectivity index is 1.42. The van der Waals surface area contributed by atoms with Gasteiger partial charge in [-0.25, -0.2) is 24.0 Å². The molecule has 0 saturated carbocycles. The predicted molar refractivity (Wildman–Crippen MR) is 183 cm³/mol. The zero-order valence-corrected chi connectivity index (χ0v) is 30.8. The highest BCUT2D eigenvalue weighted by Crippen LogP contribution is 2.41. The van der Waals surface area contributed by atoms with Crippen LogP contribution in [0, 0.1) is 0 Å². The molecule has 2 aliphatic rings. The van der Waals surface area contributed by atoms with Crippen LogP contribution in [0.5, 0.6) is 0 Å². The van der Waals surface area contributed by atoms with Crippen molar-refractivity contribution < 1.29 is 48.2 Å². The van der Waals surface area contributed by atoms with Crippen LogP contribution in [-0.4, -0.2) is 124 Å². The number of oxime groups is 1. The topological polar surface area (TPSA) is 259 Å². The zero-order chi connectivity index (χ0) is 37.5. The van der Waals surface area contributed by atoms with Gasteiger partial charge in [0.05, 0.1) is 6.54 Å². The van der Waals surface area contributed by atoms with Gasteiger partial charge < -0.3 is 35.4 Å². The Hall–Kier alpha value is -4.77. The van der Waals surface area contributed by atoms with E-state index in [1.54, 1.807) is 41.5 Å². The smallest absolute Gasteiger partial charge is 0.407 e. The fraction of sp³-hybridized carbons (Fsp3) is 0.536. The van der Waals surface area contributed by atoms with Gasteiger partial charge in [0.15, 0.2) is 10.8 Å². The van der Waals surface area contributed by atoms with Crippen molar-refractivity contribution >= 4 is 82.0 Å². The average Bonchev–Trinajstić information content (AvgIpc) is 3.68. The molecule has 276 valence electrons. The number of hydrogen-bond acceptors (Lipinski definition) is 17. The summed E-state index contributed by atoms with van der Waals surface area (Å²) in [5, 5.41) is 34.1. The second-order valence-electron chi connectivity index (χ2n) is 12.6. The third-order valence-electron chi connectivity index (χ3n) is 6.31. The summed E-state index contributed by atoms with van der Waals surface area (Å²) in [4.78, 5) is 84.4. The number of thiazole rings is 1. The van der Waals surface area contributed by atoms with Crippen molar-refractivity contribution in [3.8, 4) is 0 Å². The van der Waals surface area contributed by atoms with Gasteiger partial charge in [0.1, 0.15) is 34.0 Å². The van der Waals surface area contributed by atoms with Crippen LogP contribution in [0.25, 0.3) is 0 Å². The Bertz CT molecular complexity index is 1730. The molecule has 2 aromatic rings. The van der Waals surface area contributed by atoms with Gasteiger partial charge in [0.25, 0.3) is 11.8 Å². The Morgan fingerprint density at radius 2 is 1.88 bits per heavy atom. The summed E-state index contributed by atoms with van der Waals surface area (Å²) in [6.45, 7) is 9.99. The first kappa shape index (κ1) is 39.0. The number of fused-ring (bicyclic) bond motifs is 1. The molecule has 20 nitrogen and oxygen atoms in total. The van der Waals surface area contributed by atoms with Crippen LogP contribution in [0.2, 0.25) is 0 Å². The maximum Gasteiger partial charge on any atom is 0.407 e. The molecule has 1 saturated heterocycles. The van der Waals surface area contributed by atoms with Crippen molar-refractivity contribution in [1.29, 1.82) is 0 Å². The number of nitrogens with zero attached hydrogens (tertiary/aromatic N) is 7. The number of hydrogen-bond donors (Lipinski definition) is 4. The van der Waals surface area contributed by atoms with Gasteiger partial charge >= 0.3 is 18.0 Å². The number of carboxylic acids is 1. The molecule has 4 N–H and O–H groups in total. The van der Waals surface area contributed by atoms with Crippen LogP contribution in [0.15, 0.2) is 27.0 Å². The number of aliphatic carboxylic acids is 1. The summed E-state index contributed by atoms with van der Waals surface area (Å²) in [6.07, 6.45) is -0.197. The fourth-order valence-corrected chi connectivity index (χ4v) is 7.44. The summed E-state index contributed by atoms with van der Waals surface area (Å²) in [7, 11) is 0. The number of aromatic nitrogens is 5. The average molecular weight is 769 g/mol. The summed E-state index contributed by atoms with van der Waals surface area (Å²) in [6, 6.07) is -1.13. The van der Waals surface area contributed by atoms with Gasteiger partial charge in [-0.05, 0) is 57.5 Å². The third-order valence-corrected chi connectivity index (χ3v) is 9.46. The molecule has 0 bridgehead atoms. The van der Waals surface area contributed by atoms with E-state index in [1.807, 2.05) is 0 Å². The number of esters is 1. The first-order valence-electron chi connectivity index (χ1n) is 15.1. The van der Waals surface area contributed by atoms with Crippen molar-refractivity contribution in [3.05, 3.63) is 22.3 Å². The number of nitrogens with one attached hydrogen (secondary N) is 3. The van der Waals surface area contributed by atoms with E-state index in [9.17, 15) is 33.9 Å². The lowest BCUT2D eigenvalue weighted by Crippen LogP contribution is -2.71. The van der Waals surface area contributed by atoms with Crippen LogP contribution in [0.3, 0.4) is 0 Å². The second-order valence-corrected chi connectivity index (χ2v) is 15.5. The van der Waals surface area contributed by atoms with Crippen LogP contribution >= 0.6 is 34.9 Å². The molecule has 4 heterocycles. The highest BCUT2D eigenvalue weighted by Gasteiger charge is 2.54. The van der Waals surface area contributed by atoms with E-state index < -0.39 is 64.8 Å². The van der Waals surface area contributed by atoms with E-state index in [2.05, 4.69) is 41.6 Å². The van der Waals surface area contributed by atoms with E-state index in [-0.39, 0.29) is 41.1 Å². The lowest BCUT2D eigenvalue weighted by molar-refractivity contribution is -0.160. The summed E-state index contributed by atoms with van der Waals surface area (Å²) >= 11 is 3.39. The number of carboxylic acid groups (broad SMARTS) is 1. The molecule has 4 rings (SSSR count). The molecular formula is C28H36N10O10S3. The van der Waals surface area contributed by atoms with Gasteiger partial charge in [-0.2, -0.15) is 0 Å². The molecule has 0 spiro atoms. The maximum absolute atomic E-state index is 13.4. The molecule has 0 aliphatic carbocycles. The third kappa shape index (κ3) is 10.6. The highest BCUT2D eigenvalue weighted by atomic mass is 32.2. The quantitative estimate of drug-likeness (QED) is 0.0488. The SMILES string of the molecule is CC(C)(C)OC(=O)CON=C(C(=O)NC1C(=O)N2C(C(=O)O)=C(CSc3nnnn3CCNC(=O)OC(C)(C)C)CS[C@@H]12)c1csc(NC=O)n1. The van der Waals surface area contributed by atoms with Crippen molar-refractivity contribution in [2.45, 2.75) is 75.9 Å². The number of carbonyl (C=O) groups is 6. The minimum atomic E-state index is -1.33. The van der Waals surface area contributed by atoms with Gasteiger partial charge in [-0.1, -0.05) is 16.9 Å². The second kappa shape index (κ2) is 16.5. The fourth-order valence-electron chi connectivity index (χ4n) is 4.40. The Morgan fingerprint density at radius 3 is 2.55 bits per heavy atom. The van der Waals surface area contributed by atoms with Crippen LogP contribution in [0.4, 0.5) is 9.93 Å². The van der Waals surface area contributed by atoms with Gasteiger partial charge in [0.2, 0.25) is 18.2 Å². The normalized spacial score (nSPS) is 17.6. The number of thioether (sulfide) groups is 2. The molecule has 23 heteroatoms. The monoisotopic (exact) mass is 768 g/mol. The number of carbonyl (C=O) groups excluding carboxylic acids is 5. The van der Waals surface area contributed by atoms with Crippen LogP contribution in [-0.2, 0) is 44.8 Å². The molecule has 0 radical (unpaired) electrons. The van der Waals surface area contributed by atoms with Crippen LogP contribution < -0.4 is 16.0 Å². The minimum absolute atomic E-state index is 0.0145. The zero-order valence-electron chi connectivity index (χ0n) is 28.3. The Kier molecular flexibility index (Phi) is 12.6. The van der Waals surface area contributed by atoms with E-state index in [0.717, 1.165) is 28.0 Å².